The molecule has 0 spiro atoms. The first-order valence-electron chi connectivity index (χ1n) is 7.90. The fourth-order valence-electron chi connectivity index (χ4n) is 2.38. The van der Waals surface area contributed by atoms with Crippen LogP contribution in [0.1, 0.15) is 16.7 Å². The number of hydrogen-bond donors (Lipinski definition) is 1. The van der Waals surface area contributed by atoms with Crippen molar-refractivity contribution in [2.24, 2.45) is 0 Å². The molecule has 5 heteroatoms. The van der Waals surface area contributed by atoms with E-state index in [-0.39, 0.29) is 0 Å². The zero-order valence-electron chi connectivity index (χ0n) is 13.6. The van der Waals surface area contributed by atoms with Crippen LogP contribution in [-0.2, 0) is 17.9 Å². The minimum Gasteiger partial charge on any atom is -0.478 e. The Morgan fingerprint density at radius 3 is 2.32 bits per heavy atom. The van der Waals surface area contributed by atoms with E-state index < -0.39 is 5.97 Å². The molecule has 2 aromatic carbocycles. The lowest BCUT2D eigenvalue weighted by molar-refractivity contribution is -0.131. The second-order valence-corrected chi connectivity index (χ2v) is 5.52. The number of aromatic nitrogens is 2. The van der Waals surface area contributed by atoms with Gasteiger partial charge in [-0.3, -0.25) is 4.68 Å². The molecular formula is C20H18N2O3. The summed E-state index contributed by atoms with van der Waals surface area (Å²) < 4.78 is 7.54. The van der Waals surface area contributed by atoms with Crippen LogP contribution in [0.3, 0.4) is 0 Å². The lowest BCUT2D eigenvalue weighted by Crippen LogP contribution is -2.01. The number of benzene rings is 2. The van der Waals surface area contributed by atoms with E-state index >= 15 is 0 Å². The van der Waals surface area contributed by atoms with Crippen LogP contribution in [0.4, 0.5) is 0 Å². The predicted molar refractivity (Wildman–Crippen MR) is 95.2 cm³/mol. The van der Waals surface area contributed by atoms with Crippen LogP contribution in [0.15, 0.2) is 72.9 Å². The van der Waals surface area contributed by atoms with Crippen LogP contribution in [0.2, 0.25) is 0 Å². The summed E-state index contributed by atoms with van der Waals surface area (Å²) in [5.41, 5.74) is 2.76. The van der Waals surface area contributed by atoms with E-state index in [0.717, 1.165) is 17.2 Å². The molecule has 0 aliphatic rings. The third kappa shape index (κ3) is 4.81. The van der Waals surface area contributed by atoms with E-state index in [9.17, 15) is 4.79 Å². The maximum absolute atomic E-state index is 10.8. The van der Waals surface area contributed by atoms with Crippen molar-refractivity contribution in [3.8, 4) is 5.88 Å². The number of carbonyl (C=O) groups is 1. The van der Waals surface area contributed by atoms with Crippen molar-refractivity contribution in [2.45, 2.75) is 13.2 Å². The first kappa shape index (κ1) is 16.5. The number of carboxylic acids is 1. The van der Waals surface area contributed by atoms with Crippen molar-refractivity contribution in [2.75, 3.05) is 0 Å². The van der Waals surface area contributed by atoms with Crippen LogP contribution < -0.4 is 4.74 Å². The van der Waals surface area contributed by atoms with Crippen LogP contribution in [-0.4, -0.2) is 20.9 Å². The molecule has 0 aliphatic heterocycles. The largest absolute Gasteiger partial charge is 0.478 e. The van der Waals surface area contributed by atoms with Crippen molar-refractivity contribution in [3.05, 3.63) is 89.6 Å². The summed E-state index contributed by atoms with van der Waals surface area (Å²) in [6.45, 7) is 0.959. The number of hydrogen-bond acceptors (Lipinski definition) is 3. The smallest absolute Gasteiger partial charge is 0.328 e. The van der Waals surface area contributed by atoms with Crippen molar-refractivity contribution in [1.29, 1.82) is 0 Å². The van der Waals surface area contributed by atoms with E-state index in [2.05, 4.69) is 5.10 Å². The van der Waals surface area contributed by atoms with E-state index in [1.54, 1.807) is 10.9 Å². The topological polar surface area (TPSA) is 64.3 Å². The van der Waals surface area contributed by atoms with Crippen LogP contribution in [0.25, 0.3) is 6.08 Å². The molecule has 0 radical (unpaired) electrons. The second-order valence-electron chi connectivity index (χ2n) is 5.52. The molecule has 0 saturated carbocycles. The van der Waals surface area contributed by atoms with Gasteiger partial charge < -0.3 is 9.84 Å². The van der Waals surface area contributed by atoms with Gasteiger partial charge in [-0.25, -0.2) is 4.79 Å². The molecule has 3 aromatic rings. The summed E-state index contributed by atoms with van der Waals surface area (Å²) >= 11 is 0. The Morgan fingerprint density at radius 2 is 1.68 bits per heavy atom. The third-order valence-electron chi connectivity index (χ3n) is 3.57. The number of ether oxygens (including phenoxy) is 1. The fourth-order valence-corrected chi connectivity index (χ4v) is 2.38. The van der Waals surface area contributed by atoms with Crippen molar-refractivity contribution in [1.82, 2.24) is 9.78 Å². The normalized spacial score (nSPS) is 10.9. The Morgan fingerprint density at radius 1 is 1.04 bits per heavy atom. The summed E-state index contributed by atoms with van der Waals surface area (Å²) in [5.74, 6) is -0.595. The van der Waals surface area contributed by atoms with Gasteiger partial charge in [0.05, 0.1) is 12.1 Å². The van der Waals surface area contributed by atoms with Crippen LogP contribution in [0.5, 0.6) is 5.88 Å². The standard InChI is InChI=1S/C20H18N2O3/c23-19(24)12-11-18-14-22(13-16-7-3-1-4-8-16)21-20(18)25-15-17-9-5-2-6-10-17/h1-12,14H,13,15H2,(H,23,24)/b12-11+. The van der Waals surface area contributed by atoms with Gasteiger partial charge in [0.2, 0.25) is 5.88 Å². The summed E-state index contributed by atoms with van der Waals surface area (Å²) in [7, 11) is 0. The van der Waals surface area contributed by atoms with E-state index in [0.29, 0.717) is 24.6 Å². The lowest BCUT2D eigenvalue weighted by atomic mass is 10.2. The molecule has 0 bridgehead atoms. The predicted octanol–water partition coefficient (Wildman–Crippen LogP) is 3.61. The molecule has 3 rings (SSSR count). The Kier molecular flexibility index (Phi) is 5.26. The van der Waals surface area contributed by atoms with Gasteiger partial charge >= 0.3 is 5.97 Å². The van der Waals surface area contributed by atoms with Crippen LogP contribution in [0, 0.1) is 0 Å². The van der Waals surface area contributed by atoms with Gasteiger partial charge in [0.15, 0.2) is 0 Å². The average Bonchev–Trinajstić information content (AvgIpc) is 3.01. The molecule has 126 valence electrons. The summed E-state index contributed by atoms with van der Waals surface area (Å²) in [6.07, 6.45) is 4.36. The molecule has 25 heavy (non-hydrogen) atoms. The molecular weight excluding hydrogens is 316 g/mol. The first-order chi connectivity index (χ1) is 12.2. The monoisotopic (exact) mass is 334 g/mol. The van der Waals surface area contributed by atoms with Crippen molar-refractivity contribution >= 4 is 12.0 Å². The minimum absolute atomic E-state index is 0.372. The van der Waals surface area contributed by atoms with E-state index in [4.69, 9.17) is 9.84 Å². The highest BCUT2D eigenvalue weighted by atomic mass is 16.5. The molecule has 0 atom stereocenters. The Bertz CT molecular complexity index is 855. The Hall–Kier alpha value is -3.34. The molecule has 0 saturated heterocycles. The number of aliphatic carboxylic acids is 1. The molecule has 0 unspecified atom stereocenters. The number of nitrogens with zero attached hydrogens (tertiary/aromatic N) is 2. The second kappa shape index (κ2) is 7.97. The molecule has 1 aromatic heterocycles. The van der Waals surface area contributed by atoms with Gasteiger partial charge in [-0.2, -0.15) is 0 Å². The lowest BCUT2D eigenvalue weighted by Gasteiger charge is -2.04. The Labute approximate surface area is 145 Å². The maximum atomic E-state index is 10.8. The van der Waals surface area contributed by atoms with Gasteiger partial charge in [-0.05, 0) is 17.2 Å². The van der Waals surface area contributed by atoms with Gasteiger partial charge in [0.25, 0.3) is 0 Å². The SMILES string of the molecule is O=C(O)/C=C/c1cn(Cc2ccccc2)nc1OCc1ccccc1. The van der Waals surface area contributed by atoms with E-state index in [1.807, 2.05) is 60.7 Å². The number of rotatable bonds is 7. The highest BCUT2D eigenvalue weighted by Gasteiger charge is 2.09. The summed E-state index contributed by atoms with van der Waals surface area (Å²) in [5, 5.41) is 13.3. The zero-order valence-corrected chi connectivity index (χ0v) is 13.6. The zero-order chi connectivity index (χ0) is 17.5. The average molecular weight is 334 g/mol. The Balaban J connectivity index is 1.79. The van der Waals surface area contributed by atoms with Crippen molar-refractivity contribution in [3.63, 3.8) is 0 Å². The van der Waals surface area contributed by atoms with E-state index in [1.165, 1.54) is 6.08 Å². The van der Waals surface area contributed by atoms with Gasteiger partial charge in [-0.15, -0.1) is 5.10 Å². The van der Waals surface area contributed by atoms with Gasteiger partial charge in [0.1, 0.15) is 6.61 Å². The third-order valence-corrected chi connectivity index (χ3v) is 3.57. The highest BCUT2D eigenvalue weighted by molar-refractivity contribution is 5.85. The van der Waals surface area contributed by atoms with Gasteiger partial charge in [0, 0.05) is 12.3 Å². The molecule has 1 N–H and O–H groups in total. The fraction of sp³-hybridized carbons (Fsp3) is 0.100. The summed E-state index contributed by atoms with van der Waals surface area (Å²) in [6, 6.07) is 19.7. The quantitative estimate of drug-likeness (QED) is 0.671. The molecule has 1 heterocycles. The van der Waals surface area contributed by atoms with Crippen molar-refractivity contribution < 1.29 is 14.6 Å². The maximum Gasteiger partial charge on any atom is 0.328 e. The number of carboxylic acid groups (broad SMARTS) is 1. The minimum atomic E-state index is -1.01. The van der Waals surface area contributed by atoms with Gasteiger partial charge in [-0.1, -0.05) is 60.7 Å². The first-order valence-corrected chi connectivity index (χ1v) is 7.90. The highest BCUT2D eigenvalue weighted by Crippen LogP contribution is 2.20. The molecule has 0 aliphatic carbocycles. The molecule has 0 amide bonds. The summed E-state index contributed by atoms with van der Waals surface area (Å²) in [4.78, 5) is 10.8. The molecule has 0 fully saturated rings. The molecule has 5 nitrogen and oxygen atoms in total. The van der Waals surface area contributed by atoms with Crippen LogP contribution >= 0.6 is 0 Å².